The molecule has 0 bridgehead atoms. The van der Waals surface area contributed by atoms with Crippen LogP contribution in [-0.2, 0) is 0 Å². The summed E-state index contributed by atoms with van der Waals surface area (Å²) in [4.78, 5) is 5.64. The standard InChI is InChI=1S/C8H16N2/c1-4-10(5-2)8-6-7-9-3/h4-8H2,1-2H3. The highest BCUT2D eigenvalue weighted by atomic mass is 15.1. The van der Waals surface area contributed by atoms with Gasteiger partial charge in [0.15, 0.2) is 0 Å². The van der Waals surface area contributed by atoms with Gasteiger partial charge in [-0.3, -0.25) is 0 Å². The minimum atomic E-state index is 0.677. The lowest BCUT2D eigenvalue weighted by molar-refractivity contribution is 0.304. The first kappa shape index (κ1) is 9.45. The molecule has 0 atom stereocenters. The van der Waals surface area contributed by atoms with Gasteiger partial charge in [0, 0.05) is 13.0 Å². The molecule has 0 unspecified atom stereocenters. The summed E-state index contributed by atoms with van der Waals surface area (Å²) in [6.07, 6.45) is 1.02. The van der Waals surface area contributed by atoms with Gasteiger partial charge in [0.05, 0.1) is 0 Å². The molecule has 0 rings (SSSR count). The zero-order valence-electron chi connectivity index (χ0n) is 6.93. The van der Waals surface area contributed by atoms with E-state index in [4.69, 9.17) is 6.57 Å². The second-order valence-corrected chi connectivity index (χ2v) is 2.26. The van der Waals surface area contributed by atoms with E-state index in [0.29, 0.717) is 6.54 Å². The fourth-order valence-corrected chi connectivity index (χ4v) is 0.913. The number of nitrogens with zero attached hydrogens (tertiary/aromatic N) is 2. The molecule has 0 aliphatic heterocycles. The average Bonchev–Trinajstić information content (AvgIpc) is 1.99. The summed E-state index contributed by atoms with van der Waals surface area (Å²) in [7, 11) is 0. The zero-order valence-corrected chi connectivity index (χ0v) is 6.93. The average molecular weight is 140 g/mol. The van der Waals surface area contributed by atoms with Gasteiger partial charge in [0.2, 0.25) is 6.54 Å². The first-order chi connectivity index (χ1) is 4.85. The summed E-state index contributed by atoms with van der Waals surface area (Å²) in [6.45, 7) is 14.8. The molecule has 58 valence electrons. The van der Waals surface area contributed by atoms with Crippen LogP contribution in [0.2, 0.25) is 0 Å². The zero-order chi connectivity index (χ0) is 7.82. The van der Waals surface area contributed by atoms with E-state index < -0.39 is 0 Å². The number of hydrogen-bond acceptors (Lipinski definition) is 1. The molecule has 0 amide bonds. The molecule has 0 saturated heterocycles. The molecule has 10 heavy (non-hydrogen) atoms. The third-order valence-corrected chi connectivity index (χ3v) is 1.64. The van der Waals surface area contributed by atoms with E-state index >= 15 is 0 Å². The molecule has 0 aromatic rings. The number of rotatable bonds is 5. The van der Waals surface area contributed by atoms with Gasteiger partial charge >= 0.3 is 0 Å². The van der Waals surface area contributed by atoms with Crippen LogP contribution in [0, 0.1) is 6.57 Å². The van der Waals surface area contributed by atoms with Crippen molar-refractivity contribution in [2.45, 2.75) is 20.3 Å². The summed E-state index contributed by atoms with van der Waals surface area (Å²) in [6, 6.07) is 0. The lowest BCUT2D eigenvalue weighted by atomic mass is 10.4. The monoisotopic (exact) mass is 140 g/mol. The summed E-state index contributed by atoms with van der Waals surface area (Å²) in [5, 5.41) is 0. The molecule has 0 N–H and O–H groups in total. The van der Waals surface area contributed by atoms with Crippen molar-refractivity contribution in [1.82, 2.24) is 4.90 Å². The Labute approximate surface area is 63.7 Å². The third-order valence-electron chi connectivity index (χ3n) is 1.64. The molecular formula is C8H16N2. The van der Waals surface area contributed by atoms with Gasteiger partial charge in [-0.05, 0) is 13.1 Å². The van der Waals surface area contributed by atoms with Crippen LogP contribution in [0.15, 0.2) is 0 Å². The molecule has 0 radical (unpaired) electrons. The lowest BCUT2D eigenvalue weighted by Gasteiger charge is -2.15. The van der Waals surface area contributed by atoms with E-state index in [-0.39, 0.29) is 0 Å². The maximum atomic E-state index is 6.57. The minimum absolute atomic E-state index is 0.677. The van der Waals surface area contributed by atoms with E-state index in [2.05, 4.69) is 23.6 Å². The van der Waals surface area contributed by atoms with Crippen LogP contribution >= 0.6 is 0 Å². The topological polar surface area (TPSA) is 7.60 Å². The highest BCUT2D eigenvalue weighted by Crippen LogP contribution is 1.90. The van der Waals surface area contributed by atoms with Crippen molar-refractivity contribution in [3.05, 3.63) is 11.4 Å². The second-order valence-electron chi connectivity index (χ2n) is 2.26. The Balaban J connectivity index is 3.19. The van der Waals surface area contributed by atoms with Crippen LogP contribution in [0.5, 0.6) is 0 Å². The molecule has 0 aromatic carbocycles. The van der Waals surface area contributed by atoms with E-state index in [1.165, 1.54) is 0 Å². The quantitative estimate of drug-likeness (QED) is 0.416. The molecule has 0 heterocycles. The van der Waals surface area contributed by atoms with Crippen molar-refractivity contribution in [2.24, 2.45) is 0 Å². The normalized spacial score (nSPS) is 9.80. The Kier molecular flexibility index (Phi) is 6.21. The molecule has 2 heteroatoms. The van der Waals surface area contributed by atoms with Gasteiger partial charge in [0.1, 0.15) is 0 Å². The van der Waals surface area contributed by atoms with Gasteiger partial charge in [-0.2, -0.15) is 0 Å². The van der Waals surface area contributed by atoms with Crippen molar-refractivity contribution in [1.29, 1.82) is 0 Å². The van der Waals surface area contributed by atoms with E-state index in [0.717, 1.165) is 26.1 Å². The van der Waals surface area contributed by atoms with E-state index in [1.807, 2.05) is 0 Å². The van der Waals surface area contributed by atoms with Gasteiger partial charge < -0.3 is 9.74 Å². The van der Waals surface area contributed by atoms with Crippen LogP contribution in [0.3, 0.4) is 0 Å². The van der Waals surface area contributed by atoms with E-state index in [9.17, 15) is 0 Å². The Hall–Kier alpha value is -0.550. The highest BCUT2D eigenvalue weighted by Gasteiger charge is 1.97. The fraction of sp³-hybridized carbons (Fsp3) is 0.875. The van der Waals surface area contributed by atoms with Crippen molar-refractivity contribution < 1.29 is 0 Å². The van der Waals surface area contributed by atoms with Crippen molar-refractivity contribution in [3.63, 3.8) is 0 Å². The smallest absolute Gasteiger partial charge is 0.215 e. The van der Waals surface area contributed by atoms with Crippen LogP contribution < -0.4 is 0 Å². The molecule has 0 saturated carbocycles. The molecule has 0 aliphatic carbocycles. The fourth-order valence-electron chi connectivity index (χ4n) is 0.913. The molecule has 0 aromatic heterocycles. The molecule has 0 fully saturated rings. The van der Waals surface area contributed by atoms with Gasteiger partial charge in [0.25, 0.3) is 0 Å². The van der Waals surface area contributed by atoms with Gasteiger partial charge in [-0.15, -0.1) is 0 Å². The lowest BCUT2D eigenvalue weighted by Crippen LogP contribution is -2.24. The van der Waals surface area contributed by atoms with Crippen molar-refractivity contribution in [3.8, 4) is 0 Å². The summed E-state index contributed by atoms with van der Waals surface area (Å²) >= 11 is 0. The van der Waals surface area contributed by atoms with Crippen LogP contribution in [0.1, 0.15) is 20.3 Å². The van der Waals surface area contributed by atoms with E-state index in [1.54, 1.807) is 0 Å². The maximum Gasteiger partial charge on any atom is 0.215 e. The summed E-state index contributed by atoms with van der Waals surface area (Å²) in [5.74, 6) is 0. The Morgan fingerprint density at radius 3 is 2.30 bits per heavy atom. The van der Waals surface area contributed by atoms with Gasteiger partial charge in [-0.25, -0.2) is 6.57 Å². The SMILES string of the molecule is [C-]#[N+]CCCN(CC)CC. The summed E-state index contributed by atoms with van der Waals surface area (Å²) < 4.78 is 0. The molecule has 2 nitrogen and oxygen atoms in total. The first-order valence-corrected chi connectivity index (χ1v) is 3.90. The first-order valence-electron chi connectivity index (χ1n) is 3.90. The predicted molar refractivity (Wildman–Crippen MR) is 43.9 cm³/mol. The predicted octanol–water partition coefficient (Wildman–Crippen LogP) is 1.64. The number of hydrogen-bond donors (Lipinski definition) is 0. The Morgan fingerprint density at radius 2 is 1.90 bits per heavy atom. The molecule has 0 spiro atoms. The van der Waals surface area contributed by atoms with Crippen LogP contribution in [0.4, 0.5) is 0 Å². The Bertz CT molecular complexity index is 100. The van der Waals surface area contributed by atoms with Crippen LogP contribution in [-0.4, -0.2) is 31.1 Å². The van der Waals surface area contributed by atoms with Gasteiger partial charge in [-0.1, -0.05) is 13.8 Å². The van der Waals surface area contributed by atoms with Crippen molar-refractivity contribution >= 4 is 0 Å². The molecule has 0 aliphatic rings. The summed E-state index contributed by atoms with van der Waals surface area (Å²) in [5.41, 5.74) is 0. The highest BCUT2D eigenvalue weighted by molar-refractivity contribution is 4.61. The maximum absolute atomic E-state index is 6.57. The van der Waals surface area contributed by atoms with Crippen molar-refractivity contribution in [2.75, 3.05) is 26.2 Å². The minimum Gasteiger partial charge on any atom is -0.317 e. The third kappa shape index (κ3) is 4.34. The largest absolute Gasteiger partial charge is 0.317 e. The molecular weight excluding hydrogens is 124 g/mol. The van der Waals surface area contributed by atoms with Crippen LogP contribution in [0.25, 0.3) is 4.85 Å². The second kappa shape index (κ2) is 6.57. The Morgan fingerprint density at radius 1 is 1.30 bits per heavy atom.